The third kappa shape index (κ3) is 4.49. The van der Waals surface area contributed by atoms with E-state index in [1.807, 2.05) is 4.90 Å². The third-order valence-corrected chi connectivity index (χ3v) is 7.93. The van der Waals surface area contributed by atoms with Gasteiger partial charge >= 0.3 is 5.91 Å². The van der Waals surface area contributed by atoms with E-state index >= 15 is 0 Å². The van der Waals surface area contributed by atoms with Crippen LogP contribution >= 0.6 is 0 Å². The Hall–Kier alpha value is -3.07. The van der Waals surface area contributed by atoms with Crippen LogP contribution in [0.5, 0.6) is 5.75 Å². The summed E-state index contributed by atoms with van der Waals surface area (Å²) in [5, 5.41) is 0.128. The van der Waals surface area contributed by atoms with Gasteiger partial charge in [-0.2, -0.15) is 0 Å². The molecule has 9 heteroatoms. The van der Waals surface area contributed by atoms with E-state index in [2.05, 4.69) is 4.72 Å². The molecule has 0 radical (unpaired) electrons. The van der Waals surface area contributed by atoms with Crippen molar-refractivity contribution >= 4 is 32.6 Å². The molecule has 2 fully saturated rings. The van der Waals surface area contributed by atoms with Gasteiger partial charge in [-0.25, -0.2) is 17.5 Å². The Kier molecular flexibility index (Phi) is 5.97. The number of anilines is 1. The Morgan fingerprint density at radius 3 is 2.62 bits per heavy atom. The lowest BCUT2D eigenvalue weighted by Gasteiger charge is -2.33. The summed E-state index contributed by atoms with van der Waals surface area (Å²) in [6, 6.07) is 9.13. The number of rotatable bonds is 7. The van der Waals surface area contributed by atoms with Gasteiger partial charge in [0, 0.05) is 30.9 Å². The summed E-state index contributed by atoms with van der Waals surface area (Å²) in [7, 11) is -4.26. The average molecular weight is 487 g/mol. The van der Waals surface area contributed by atoms with E-state index in [0.717, 1.165) is 45.2 Å². The van der Waals surface area contributed by atoms with Crippen molar-refractivity contribution in [2.45, 2.75) is 43.9 Å². The van der Waals surface area contributed by atoms with Crippen LogP contribution in [0.15, 0.2) is 45.7 Å². The Bertz CT molecular complexity index is 1340. The van der Waals surface area contributed by atoms with Gasteiger partial charge in [-0.15, -0.1) is 0 Å². The first-order chi connectivity index (χ1) is 16.3. The molecule has 1 saturated heterocycles. The Labute approximate surface area is 197 Å². The number of amides is 1. The fourth-order valence-electron chi connectivity index (χ4n) is 4.51. The maximum absolute atomic E-state index is 14.6. The van der Waals surface area contributed by atoms with Crippen molar-refractivity contribution < 1.29 is 26.8 Å². The standard InChI is InChI=1S/C25H27FN2O5S/c1-16-7-8-21(32-15-17-5-2-3-6-17)24(11-16)34(30,31)27-25(29)23-14-19-20(26)12-18(13-22(19)33-23)28-9-4-10-28/h7-8,11-14,17H,2-6,9-10,15H2,1H3,(H,27,29). The first-order valence-electron chi connectivity index (χ1n) is 11.6. The SMILES string of the molecule is Cc1ccc(OCC2CCCC2)c(S(=O)(=O)NC(=O)c2cc3c(F)cc(N4CCC4)cc3o2)c1. The highest BCUT2D eigenvalue weighted by Gasteiger charge is 2.27. The van der Waals surface area contributed by atoms with Crippen LogP contribution in [0.1, 0.15) is 48.2 Å². The van der Waals surface area contributed by atoms with Gasteiger partial charge in [0.1, 0.15) is 22.0 Å². The van der Waals surface area contributed by atoms with Gasteiger partial charge in [-0.3, -0.25) is 4.79 Å². The summed E-state index contributed by atoms with van der Waals surface area (Å²) < 4.78 is 54.3. The van der Waals surface area contributed by atoms with E-state index in [1.165, 1.54) is 18.2 Å². The number of hydrogen-bond acceptors (Lipinski definition) is 6. The van der Waals surface area contributed by atoms with Crippen LogP contribution < -0.4 is 14.4 Å². The highest BCUT2D eigenvalue weighted by Crippen LogP contribution is 2.32. The Morgan fingerprint density at radius 1 is 1.15 bits per heavy atom. The molecule has 2 heterocycles. The van der Waals surface area contributed by atoms with Gasteiger partial charge in [-0.1, -0.05) is 18.9 Å². The number of benzene rings is 2. The molecule has 7 nitrogen and oxygen atoms in total. The molecule has 0 unspecified atom stereocenters. The molecule has 34 heavy (non-hydrogen) atoms. The highest BCUT2D eigenvalue weighted by atomic mass is 32.2. The van der Waals surface area contributed by atoms with E-state index < -0.39 is 21.7 Å². The predicted octanol–water partition coefficient (Wildman–Crippen LogP) is 4.78. The second kappa shape index (κ2) is 8.94. The van der Waals surface area contributed by atoms with Crippen LogP contribution in [0.3, 0.4) is 0 Å². The van der Waals surface area contributed by atoms with Crippen molar-refractivity contribution in [1.29, 1.82) is 0 Å². The molecule has 0 spiro atoms. The van der Waals surface area contributed by atoms with Crippen LogP contribution in [0.4, 0.5) is 10.1 Å². The zero-order valence-corrected chi connectivity index (χ0v) is 19.8. The van der Waals surface area contributed by atoms with E-state index in [-0.39, 0.29) is 27.4 Å². The van der Waals surface area contributed by atoms with E-state index in [4.69, 9.17) is 9.15 Å². The molecule has 3 aromatic rings. The van der Waals surface area contributed by atoms with Crippen molar-refractivity contribution in [3.05, 3.63) is 53.5 Å². The number of fused-ring (bicyclic) bond motifs is 1. The number of carbonyl (C=O) groups is 1. The number of furan rings is 1. The van der Waals surface area contributed by atoms with Gasteiger partial charge in [-0.05, 0) is 55.9 Å². The topological polar surface area (TPSA) is 88.8 Å². The minimum Gasteiger partial charge on any atom is -0.492 e. The van der Waals surface area contributed by atoms with Crippen molar-refractivity contribution in [2.75, 3.05) is 24.6 Å². The average Bonchev–Trinajstić information content (AvgIpc) is 3.41. The molecular formula is C25H27FN2O5S. The summed E-state index contributed by atoms with van der Waals surface area (Å²) in [5.41, 5.74) is 1.58. The lowest BCUT2D eigenvalue weighted by molar-refractivity contribution is 0.0956. The van der Waals surface area contributed by atoms with Crippen LogP contribution in [-0.4, -0.2) is 34.0 Å². The summed E-state index contributed by atoms with van der Waals surface area (Å²) in [4.78, 5) is 14.7. The molecule has 1 saturated carbocycles. The third-order valence-electron chi connectivity index (χ3n) is 6.58. The zero-order chi connectivity index (χ0) is 23.9. The van der Waals surface area contributed by atoms with Crippen LogP contribution in [0, 0.1) is 18.7 Å². The molecular weight excluding hydrogens is 459 g/mol. The monoisotopic (exact) mass is 486 g/mol. The van der Waals surface area contributed by atoms with E-state index in [9.17, 15) is 17.6 Å². The van der Waals surface area contributed by atoms with Crippen LogP contribution in [-0.2, 0) is 10.0 Å². The first kappa shape index (κ1) is 22.7. The van der Waals surface area contributed by atoms with Gasteiger partial charge < -0.3 is 14.1 Å². The molecule has 2 aromatic carbocycles. The lowest BCUT2D eigenvalue weighted by atomic mass is 10.1. The number of hydrogen-bond donors (Lipinski definition) is 1. The predicted molar refractivity (Wildman–Crippen MR) is 126 cm³/mol. The molecule has 1 aliphatic carbocycles. The van der Waals surface area contributed by atoms with Crippen molar-refractivity contribution in [3.63, 3.8) is 0 Å². The Balaban J connectivity index is 1.38. The molecule has 0 atom stereocenters. The summed E-state index contributed by atoms with van der Waals surface area (Å²) in [5.74, 6) is -1.17. The van der Waals surface area contributed by atoms with Crippen LogP contribution in [0.25, 0.3) is 11.0 Å². The van der Waals surface area contributed by atoms with Gasteiger partial charge in [0.2, 0.25) is 0 Å². The highest BCUT2D eigenvalue weighted by molar-refractivity contribution is 7.90. The maximum atomic E-state index is 14.6. The number of nitrogens with one attached hydrogen (secondary N) is 1. The molecule has 2 aliphatic rings. The molecule has 1 aromatic heterocycles. The number of ether oxygens (including phenoxy) is 1. The van der Waals surface area contributed by atoms with Gasteiger partial charge in [0.05, 0.1) is 12.0 Å². The normalized spacial score (nSPS) is 16.6. The maximum Gasteiger partial charge on any atom is 0.300 e. The fourth-order valence-corrected chi connectivity index (χ4v) is 5.70. The van der Waals surface area contributed by atoms with Crippen molar-refractivity contribution in [3.8, 4) is 5.75 Å². The zero-order valence-electron chi connectivity index (χ0n) is 19.0. The van der Waals surface area contributed by atoms with E-state index in [1.54, 1.807) is 25.1 Å². The summed E-state index contributed by atoms with van der Waals surface area (Å²) in [6.45, 7) is 3.86. The number of aryl methyl sites for hydroxylation is 1. The minimum absolute atomic E-state index is 0.110. The number of halogens is 1. The quantitative estimate of drug-likeness (QED) is 0.517. The minimum atomic E-state index is -4.26. The number of carbonyl (C=O) groups excluding carboxylic acids is 1. The second-order valence-electron chi connectivity index (χ2n) is 9.14. The second-order valence-corrected chi connectivity index (χ2v) is 10.8. The molecule has 0 bridgehead atoms. The number of nitrogens with zero attached hydrogens (tertiary/aromatic N) is 1. The lowest BCUT2D eigenvalue weighted by Crippen LogP contribution is -2.36. The summed E-state index contributed by atoms with van der Waals surface area (Å²) in [6.07, 6.45) is 5.47. The largest absolute Gasteiger partial charge is 0.492 e. The molecule has 1 N–H and O–H groups in total. The van der Waals surface area contributed by atoms with E-state index in [0.29, 0.717) is 23.8 Å². The summed E-state index contributed by atoms with van der Waals surface area (Å²) >= 11 is 0. The van der Waals surface area contributed by atoms with Gasteiger partial charge in [0.25, 0.3) is 10.0 Å². The molecule has 180 valence electrons. The molecule has 1 aliphatic heterocycles. The molecule has 1 amide bonds. The van der Waals surface area contributed by atoms with Gasteiger partial charge in [0.15, 0.2) is 5.76 Å². The van der Waals surface area contributed by atoms with Crippen molar-refractivity contribution in [2.24, 2.45) is 5.92 Å². The first-order valence-corrected chi connectivity index (χ1v) is 13.1. The smallest absolute Gasteiger partial charge is 0.300 e. The molecule has 5 rings (SSSR count). The number of sulfonamides is 1. The van der Waals surface area contributed by atoms with Crippen molar-refractivity contribution in [1.82, 2.24) is 4.72 Å². The Morgan fingerprint density at radius 2 is 1.91 bits per heavy atom. The fraction of sp³-hybridized carbons (Fsp3) is 0.400. The van der Waals surface area contributed by atoms with Crippen LogP contribution in [0.2, 0.25) is 0 Å².